The van der Waals surface area contributed by atoms with Gasteiger partial charge in [0.05, 0.1) is 30.5 Å². The fraction of sp³-hybridized carbons (Fsp3) is 0.292. The van der Waals surface area contributed by atoms with E-state index in [-0.39, 0.29) is 17.5 Å². The van der Waals surface area contributed by atoms with Crippen molar-refractivity contribution in [2.45, 2.75) is 38.2 Å². The van der Waals surface area contributed by atoms with Gasteiger partial charge in [0.15, 0.2) is 17.5 Å². The number of hydrogen-bond donors (Lipinski definition) is 3. The number of halogens is 1. The van der Waals surface area contributed by atoms with Crippen molar-refractivity contribution in [3.63, 3.8) is 0 Å². The number of anilines is 2. The van der Waals surface area contributed by atoms with E-state index in [2.05, 4.69) is 52.4 Å². The number of nitrogens with zero attached hydrogens (tertiary/aromatic N) is 7. The van der Waals surface area contributed by atoms with Crippen LogP contribution in [-0.2, 0) is 9.53 Å². The molecule has 4 aromatic rings. The number of methoxy groups -OCH3 is 1. The summed E-state index contributed by atoms with van der Waals surface area (Å²) >= 11 is 0. The molecule has 1 aliphatic rings. The first-order valence-corrected chi connectivity index (χ1v) is 11.5. The number of nitrogens with one attached hydrogen (secondary N) is 3. The summed E-state index contributed by atoms with van der Waals surface area (Å²) in [6, 6.07) is 3.71. The largest absolute Gasteiger partial charge is 0.368 e. The molecule has 12 nitrogen and oxygen atoms in total. The summed E-state index contributed by atoms with van der Waals surface area (Å²) in [4.78, 5) is 30.8. The molecule has 3 N–H and O–H groups in total. The summed E-state index contributed by atoms with van der Waals surface area (Å²) in [7, 11) is 1.50. The summed E-state index contributed by atoms with van der Waals surface area (Å²) in [6.45, 7) is 7.71. The molecule has 190 valence electrons. The lowest BCUT2D eigenvalue weighted by Crippen LogP contribution is -2.56. The van der Waals surface area contributed by atoms with Gasteiger partial charge in [0.2, 0.25) is 0 Å². The first-order chi connectivity index (χ1) is 17.7. The van der Waals surface area contributed by atoms with Crippen LogP contribution in [0.15, 0.2) is 43.5 Å². The highest BCUT2D eigenvalue weighted by Gasteiger charge is 2.52. The highest BCUT2D eigenvalue weighted by atomic mass is 19.1. The van der Waals surface area contributed by atoms with Gasteiger partial charge < -0.3 is 15.4 Å². The SMILES string of the molecule is C=C(NC(=O)C1(OC)CC(c2nc(C)cc(Nc3cc(C)[nH]n3)n2)C1)c1cnc(-n2cc(F)cn2)cn1. The molecule has 37 heavy (non-hydrogen) atoms. The summed E-state index contributed by atoms with van der Waals surface area (Å²) < 4.78 is 20.1. The number of carbonyl (C=O) groups is 1. The molecule has 0 aromatic carbocycles. The Kier molecular flexibility index (Phi) is 6.21. The molecule has 1 saturated carbocycles. The molecular formula is C24H25FN10O2. The third-order valence-electron chi connectivity index (χ3n) is 6.15. The normalized spacial score (nSPS) is 18.8. The van der Waals surface area contributed by atoms with E-state index < -0.39 is 11.4 Å². The predicted octanol–water partition coefficient (Wildman–Crippen LogP) is 2.72. The maximum absolute atomic E-state index is 13.2. The van der Waals surface area contributed by atoms with E-state index in [4.69, 9.17) is 4.74 Å². The number of ether oxygens (including phenoxy) is 1. The van der Waals surface area contributed by atoms with E-state index in [1.165, 1.54) is 30.4 Å². The number of hydrogen-bond acceptors (Lipinski definition) is 9. The van der Waals surface area contributed by atoms with Crippen LogP contribution >= 0.6 is 0 Å². The van der Waals surface area contributed by atoms with Crippen LogP contribution in [0.4, 0.5) is 16.0 Å². The van der Waals surface area contributed by atoms with E-state index in [9.17, 15) is 9.18 Å². The Morgan fingerprint density at radius 3 is 2.62 bits per heavy atom. The maximum Gasteiger partial charge on any atom is 0.256 e. The first kappa shape index (κ1) is 24.2. The number of carbonyl (C=O) groups excluding carboxylic acids is 1. The number of aromatic nitrogens is 8. The Balaban J connectivity index is 1.23. The van der Waals surface area contributed by atoms with Crippen LogP contribution in [-0.4, -0.2) is 58.5 Å². The highest BCUT2D eigenvalue weighted by Crippen LogP contribution is 2.46. The molecule has 1 amide bonds. The molecule has 4 heterocycles. The molecule has 5 rings (SSSR count). The van der Waals surface area contributed by atoms with Crippen LogP contribution in [0.25, 0.3) is 11.5 Å². The van der Waals surface area contributed by atoms with Crippen molar-refractivity contribution in [3.8, 4) is 5.82 Å². The second-order valence-corrected chi connectivity index (χ2v) is 8.91. The van der Waals surface area contributed by atoms with Gasteiger partial charge in [0.1, 0.15) is 22.9 Å². The number of rotatable bonds is 8. The molecule has 0 aliphatic heterocycles. The second kappa shape index (κ2) is 9.50. The zero-order valence-corrected chi connectivity index (χ0v) is 20.5. The van der Waals surface area contributed by atoms with Crippen LogP contribution in [0.3, 0.4) is 0 Å². The van der Waals surface area contributed by atoms with E-state index in [1.54, 1.807) is 0 Å². The van der Waals surface area contributed by atoms with Gasteiger partial charge in [-0.2, -0.15) is 10.2 Å². The van der Waals surface area contributed by atoms with Gasteiger partial charge in [-0.1, -0.05) is 6.58 Å². The Morgan fingerprint density at radius 1 is 1.19 bits per heavy atom. The van der Waals surface area contributed by atoms with Crippen molar-refractivity contribution in [1.29, 1.82) is 0 Å². The monoisotopic (exact) mass is 504 g/mol. The van der Waals surface area contributed by atoms with E-state index in [0.717, 1.165) is 17.6 Å². The molecule has 13 heteroatoms. The number of H-pyrrole nitrogens is 1. The molecular weight excluding hydrogens is 479 g/mol. The molecule has 4 aromatic heterocycles. The fourth-order valence-electron chi connectivity index (χ4n) is 4.15. The lowest BCUT2D eigenvalue weighted by atomic mass is 9.69. The molecule has 0 saturated heterocycles. The predicted molar refractivity (Wildman–Crippen MR) is 131 cm³/mol. The van der Waals surface area contributed by atoms with Gasteiger partial charge in [-0.05, 0) is 26.7 Å². The smallest absolute Gasteiger partial charge is 0.256 e. The molecule has 1 fully saturated rings. The molecule has 1 aliphatic carbocycles. The number of amides is 1. The summed E-state index contributed by atoms with van der Waals surface area (Å²) in [5.74, 6) is 1.36. The Hall–Kier alpha value is -4.52. The van der Waals surface area contributed by atoms with Gasteiger partial charge in [0.25, 0.3) is 5.91 Å². The minimum atomic E-state index is -1.05. The van der Waals surface area contributed by atoms with Crippen LogP contribution in [0.5, 0.6) is 0 Å². The van der Waals surface area contributed by atoms with Crippen molar-refractivity contribution >= 4 is 23.2 Å². The second-order valence-electron chi connectivity index (χ2n) is 8.91. The van der Waals surface area contributed by atoms with Crippen LogP contribution < -0.4 is 10.6 Å². The summed E-state index contributed by atoms with van der Waals surface area (Å²) in [5, 5.41) is 16.9. The Morgan fingerprint density at radius 2 is 2.00 bits per heavy atom. The first-order valence-electron chi connectivity index (χ1n) is 11.5. The average Bonchev–Trinajstić information content (AvgIpc) is 3.46. The number of aryl methyl sites for hydroxylation is 2. The lowest BCUT2D eigenvalue weighted by Gasteiger charge is -2.44. The third kappa shape index (κ3) is 4.93. The lowest BCUT2D eigenvalue weighted by molar-refractivity contribution is -0.156. The summed E-state index contributed by atoms with van der Waals surface area (Å²) in [5.41, 5.74) is 1.31. The van der Waals surface area contributed by atoms with Crippen molar-refractivity contribution in [1.82, 2.24) is 45.2 Å². The van der Waals surface area contributed by atoms with E-state index >= 15 is 0 Å². The standard InChI is InChI=1S/C24H25FN10O2/c1-13-5-19(31-20-6-14(2)33-34-20)32-22(29-13)16-7-24(8-16,37-4)23(36)30-15(3)18-10-27-21(11-26-18)35-12-17(25)9-28-35/h5-6,9-12,16H,3,7-8H2,1-2,4H3,(H,30,36)(H2,29,31,32,33,34). The van der Waals surface area contributed by atoms with Crippen molar-refractivity contribution in [2.75, 3.05) is 12.4 Å². The maximum atomic E-state index is 13.2. The molecule has 0 bridgehead atoms. The highest BCUT2D eigenvalue weighted by molar-refractivity contribution is 5.93. The van der Waals surface area contributed by atoms with Gasteiger partial charge in [-0.25, -0.2) is 29.0 Å². The average molecular weight is 505 g/mol. The van der Waals surface area contributed by atoms with Gasteiger partial charge >= 0.3 is 0 Å². The van der Waals surface area contributed by atoms with Crippen molar-refractivity contribution in [3.05, 3.63) is 72.2 Å². The minimum Gasteiger partial charge on any atom is -0.368 e. The van der Waals surface area contributed by atoms with Crippen molar-refractivity contribution in [2.24, 2.45) is 0 Å². The zero-order chi connectivity index (χ0) is 26.2. The minimum absolute atomic E-state index is 0.0612. The molecule has 0 atom stereocenters. The topological polar surface area (TPSA) is 148 Å². The van der Waals surface area contributed by atoms with Crippen molar-refractivity contribution < 1.29 is 13.9 Å². The summed E-state index contributed by atoms with van der Waals surface area (Å²) in [6.07, 6.45) is 5.91. The molecule has 0 spiro atoms. The Bertz CT molecular complexity index is 1460. The molecule has 0 radical (unpaired) electrons. The zero-order valence-electron chi connectivity index (χ0n) is 20.5. The van der Waals surface area contributed by atoms with Crippen LogP contribution in [0.1, 0.15) is 41.7 Å². The van der Waals surface area contributed by atoms with Gasteiger partial charge in [0, 0.05) is 36.5 Å². The van der Waals surface area contributed by atoms with Crippen LogP contribution in [0, 0.1) is 19.7 Å². The van der Waals surface area contributed by atoms with Gasteiger partial charge in [-0.15, -0.1) is 0 Å². The fourth-order valence-corrected chi connectivity index (χ4v) is 4.15. The van der Waals surface area contributed by atoms with E-state index in [0.29, 0.717) is 41.8 Å². The van der Waals surface area contributed by atoms with Gasteiger partial charge in [-0.3, -0.25) is 9.89 Å². The quantitative estimate of drug-likeness (QED) is 0.329. The number of aromatic amines is 1. The third-order valence-corrected chi connectivity index (χ3v) is 6.15. The Labute approximate surface area is 211 Å². The molecule has 0 unspecified atom stereocenters. The van der Waals surface area contributed by atoms with Crippen LogP contribution in [0.2, 0.25) is 0 Å². The van der Waals surface area contributed by atoms with E-state index in [1.807, 2.05) is 26.0 Å².